The van der Waals surface area contributed by atoms with Crippen LogP contribution in [-0.4, -0.2) is 30.9 Å². The van der Waals surface area contributed by atoms with Crippen molar-refractivity contribution in [3.8, 4) is 17.2 Å². The first-order valence-electron chi connectivity index (χ1n) is 13.9. The lowest BCUT2D eigenvalue weighted by Gasteiger charge is -2.23. The zero-order chi connectivity index (χ0) is 31.4. The Hall–Kier alpha value is -3.17. The van der Waals surface area contributed by atoms with E-state index in [1.165, 1.54) is 30.2 Å². The Morgan fingerprint density at radius 2 is 1.66 bits per heavy atom. The van der Waals surface area contributed by atoms with Gasteiger partial charge in [0, 0.05) is 6.20 Å². The van der Waals surface area contributed by atoms with E-state index in [9.17, 15) is 9.59 Å². The van der Waals surface area contributed by atoms with Crippen molar-refractivity contribution in [2.75, 3.05) is 20.3 Å². The fourth-order valence-corrected chi connectivity index (χ4v) is 7.88. The van der Waals surface area contributed by atoms with Crippen LogP contribution >= 0.6 is 56.5 Å². The van der Waals surface area contributed by atoms with Crippen molar-refractivity contribution in [2.45, 2.75) is 33.4 Å². The van der Waals surface area contributed by atoms with Crippen LogP contribution in [0.2, 0.25) is 0 Å². The number of aromatic nitrogens is 1. The summed E-state index contributed by atoms with van der Waals surface area (Å²) in [7, 11) is 1.31. The minimum Gasteiger partial charge on any atom is -0.490 e. The van der Waals surface area contributed by atoms with Gasteiger partial charge in [0.2, 0.25) is 0 Å². The number of nitrogens with zero attached hydrogens (tertiary/aromatic N) is 2. The van der Waals surface area contributed by atoms with E-state index in [2.05, 4.69) is 81.4 Å². The van der Waals surface area contributed by atoms with Crippen molar-refractivity contribution < 1.29 is 23.7 Å². The van der Waals surface area contributed by atoms with Crippen molar-refractivity contribution in [2.24, 2.45) is 4.99 Å². The molecule has 0 unspecified atom stereocenters. The molecule has 0 N–H and O–H groups in total. The van der Waals surface area contributed by atoms with E-state index in [1.807, 2.05) is 38.1 Å². The molecular weight excluding hydrogens is 806 g/mol. The van der Waals surface area contributed by atoms with Gasteiger partial charge in [-0.05, 0) is 113 Å². The molecule has 3 aromatic carbocycles. The number of benzene rings is 3. The first-order valence-corrected chi connectivity index (χ1v) is 16.9. The van der Waals surface area contributed by atoms with Crippen molar-refractivity contribution in [3.05, 3.63) is 115 Å². The van der Waals surface area contributed by atoms with Crippen LogP contribution in [0.1, 0.15) is 42.1 Å². The molecular formula is C33H30I2N2O6S. The number of hydrogen-bond acceptors (Lipinski definition) is 8. The molecule has 8 nitrogen and oxygen atoms in total. The van der Waals surface area contributed by atoms with Gasteiger partial charge in [0.15, 0.2) is 16.3 Å². The predicted molar refractivity (Wildman–Crippen MR) is 187 cm³/mol. The number of methoxy groups -OCH3 is 1. The Balaban J connectivity index is 1.54. The summed E-state index contributed by atoms with van der Waals surface area (Å²) in [4.78, 5) is 31.8. The molecule has 0 aliphatic carbocycles. The zero-order valence-electron chi connectivity index (χ0n) is 24.6. The minimum absolute atomic E-state index is 0.247. The van der Waals surface area contributed by atoms with E-state index in [0.29, 0.717) is 46.2 Å². The molecule has 0 saturated heterocycles. The molecule has 2 heterocycles. The average Bonchev–Trinajstić information content (AvgIpc) is 3.32. The van der Waals surface area contributed by atoms with E-state index < -0.39 is 12.0 Å². The molecule has 0 saturated carbocycles. The zero-order valence-corrected chi connectivity index (χ0v) is 29.7. The fraction of sp³-hybridized carbons (Fsp3) is 0.242. The van der Waals surface area contributed by atoms with Gasteiger partial charge in [-0.15, -0.1) is 0 Å². The van der Waals surface area contributed by atoms with Gasteiger partial charge in [-0.3, -0.25) is 9.36 Å². The number of carbonyl (C=O) groups is 1. The van der Waals surface area contributed by atoms with Gasteiger partial charge in [-0.25, -0.2) is 9.79 Å². The largest absolute Gasteiger partial charge is 0.490 e. The summed E-state index contributed by atoms with van der Waals surface area (Å²) in [6, 6.07) is 16.9. The Morgan fingerprint density at radius 1 is 0.977 bits per heavy atom. The SMILES string of the molecule is CCOc1ccc([C@H]2C(C(=O)OC)=CN=c3s/c(=C\c4cc(I)c(OCc5ccc(C)cc5)c(I)c4)c(=O)n32)cc1OCC. The molecule has 0 amide bonds. The molecule has 1 atom stereocenters. The summed E-state index contributed by atoms with van der Waals surface area (Å²) in [5.41, 5.74) is 3.82. The number of thiazole rings is 1. The van der Waals surface area contributed by atoms with Crippen LogP contribution in [-0.2, 0) is 16.1 Å². The first kappa shape index (κ1) is 32.2. The van der Waals surface area contributed by atoms with Gasteiger partial charge in [0.25, 0.3) is 5.56 Å². The minimum atomic E-state index is -0.756. The molecule has 0 radical (unpaired) electrons. The maximum absolute atomic E-state index is 14.0. The number of fused-ring (bicyclic) bond motifs is 1. The number of carbonyl (C=O) groups excluding carboxylic acids is 1. The molecule has 1 aliphatic heterocycles. The highest BCUT2D eigenvalue weighted by Crippen LogP contribution is 2.35. The quantitative estimate of drug-likeness (QED) is 0.146. The molecule has 4 aromatic rings. The molecule has 5 rings (SSSR count). The maximum atomic E-state index is 14.0. The smallest absolute Gasteiger partial charge is 0.337 e. The van der Waals surface area contributed by atoms with Crippen LogP contribution in [0.15, 0.2) is 76.2 Å². The van der Waals surface area contributed by atoms with Crippen molar-refractivity contribution in [3.63, 3.8) is 0 Å². The third kappa shape index (κ3) is 6.89. The molecule has 0 spiro atoms. The summed E-state index contributed by atoms with van der Waals surface area (Å²) < 4.78 is 26.7. The van der Waals surface area contributed by atoms with E-state index in [1.54, 1.807) is 16.7 Å². The lowest BCUT2D eigenvalue weighted by molar-refractivity contribution is -0.136. The van der Waals surface area contributed by atoms with Crippen LogP contribution in [0, 0.1) is 14.1 Å². The van der Waals surface area contributed by atoms with Gasteiger partial charge in [-0.1, -0.05) is 47.2 Å². The van der Waals surface area contributed by atoms with E-state index in [4.69, 9.17) is 18.9 Å². The van der Waals surface area contributed by atoms with E-state index >= 15 is 0 Å². The summed E-state index contributed by atoms with van der Waals surface area (Å²) in [5.74, 6) is 1.35. The van der Waals surface area contributed by atoms with Crippen LogP contribution in [0.3, 0.4) is 0 Å². The van der Waals surface area contributed by atoms with Crippen molar-refractivity contribution >= 4 is 68.6 Å². The number of ether oxygens (including phenoxy) is 4. The molecule has 0 bridgehead atoms. The maximum Gasteiger partial charge on any atom is 0.337 e. The third-order valence-corrected chi connectivity index (χ3v) is 9.43. The van der Waals surface area contributed by atoms with Crippen LogP contribution in [0.5, 0.6) is 17.2 Å². The summed E-state index contributed by atoms with van der Waals surface area (Å²) in [5, 5.41) is 0. The monoisotopic (exact) mass is 836 g/mol. The van der Waals surface area contributed by atoms with Crippen LogP contribution < -0.4 is 29.1 Å². The third-order valence-electron chi connectivity index (χ3n) is 6.83. The van der Waals surface area contributed by atoms with Crippen LogP contribution in [0.25, 0.3) is 6.08 Å². The number of halogens is 2. The highest BCUT2D eigenvalue weighted by Gasteiger charge is 2.31. The average molecular weight is 836 g/mol. The van der Waals surface area contributed by atoms with Crippen molar-refractivity contribution in [1.82, 2.24) is 4.57 Å². The Labute approximate surface area is 286 Å². The Bertz CT molecular complexity index is 1890. The van der Waals surface area contributed by atoms with Gasteiger partial charge in [-0.2, -0.15) is 0 Å². The standard InChI is InChI=1S/C33H30I2N2O6S/c1-5-41-26-12-11-22(16-27(26)42-6-2)29-23(32(39)40-4)17-36-33-37(29)31(38)28(44-33)15-21-13-24(34)30(25(35)14-21)43-18-20-9-7-19(3)8-10-20/h7-17,29H,5-6,18H2,1-4H3/b28-15-/t29-/m0/s1. The van der Waals surface area contributed by atoms with Gasteiger partial charge >= 0.3 is 5.97 Å². The first-order chi connectivity index (χ1) is 21.2. The van der Waals surface area contributed by atoms with Gasteiger partial charge in [0.05, 0.1) is 43.6 Å². The number of aryl methyl sites for hydroxylation is 1. The molecule has 0 fully saturated rings. The van der Waals surface area contributed by atoms with E-state index in [-0.39, 0.29) is 11.1 Å². The summed E-state index contributed by atoms with van der Waals surface area (Å²) >= 11 is 5.79. The highest BCUT2D eigenvalue weighted by molar-refractivity contribution is 14.1. The lowest BCUT2D eigenvalue weighted by Crippen LogP contribution is -2.39. The van der Waals surface area contributed by atoms with Gasteiger partial charge < -0.3 is 18.9 Å². The molecule has 228 valence electrons. The highest BCUT2D eigenvalue weighted by atomic mass is 127. The normalized spacial score (nSPS) is 14.4. The molecule has 1 aromatic heterocycles. The second kappa shape index (κ2) is 14.3. The van der Waals surface area contributed by atoms with Crippen molar-refractivity contribution in [1.29, 1.82) is 0 Å². The number of esters is 1. The number of hydrogen-bond donors (Lipinski definition) is 0. The van der Waals surface area contributed by atoms with Crippen LogP contribution in [0.4, 0.5) is 0 Å². The Kier molecular flexibility index (Phi) is 10.5. The van der Waals surface area contributed by atoms with E-state index in [0.717, 1.165) is 24.0 Å². The molecule has 1 aliphatic rings. The summed E-state index contributed by atoms with van der Waals surface area (Å²) in [6.07, 6.45) is 3.33. The second-order valence-electron chi connectivity index (χ2n) is 9.84. The summed E-state index contributed by atoms with van der Waals surface area (Å²) in [6.45, 7) is 7.20. The molecule has 44 heavy (non-hydrogen) atoms. The predicted octanol–water partition coefficient (Wildman–Crippen LogP) is 5.91. The second-order valence-corrected chi connectivity index (χ2v) is 13.2. The fourth-order valence-electron chi connectivity index (χ4n) is 4.78. The Morgan fingerprint density at radius 3 is 2.32 bits per heavy atom. The topological polar surface area (TPSA) is 88.4 Å². The molecule has 11 heteroatoms. The van der Waals surface area contributed by atoms with Gasteiger partial charge in [0.1, 0.15) is 12.4 Å². The lowest BCUT2D eigenvalue weighted by atomic mass is 9.97. The number of rotatable bonds is 10.